The third-order valence-electron chi connectivity index (χ3n) is 5.32. The van der Waals surface area contributed by atoms with Crippen LogP contribution in [0.4, 0.5) is 10.1 Å². The van der Waals surface area contributed by atoms with Gasteiger partial charge in [-0.15, -0.1) is 0 Å². The monoisotopic (exact) mass is 386 g/mol. The Balaban J connectivity index is 1.47. The van der Waals surface area contributed by atoms with Gasteiger partial charge in [-0.3, -0.25) is 4.98 Å². The SMILES string of the molecule is N#Cc1cncc(S(=O)(=O)N2CCC(N3CCc4cc(F)ccc43)CC2)c1. The van der Waals surface area contributed by atoms with E-state index in [9.17, 15) is 12.8 Å². The zero-order valence-corrected chi connectivity index (χ0v) is 15.5. The number of hydrogen-bond donors (Lipinski definition) is 0. The molecule has 2 aliphatic rings. The van der Waals surface area contributed by atoms with Crippen LogP contribution in [-0.2, 0) is 16.4 Å². The second-order valence-electron chi connectivity index (χ2n) is 6.87. The summed E-state index contributed by atoms with van der Waals surface area (Å²) in [5.74, 6) is -0.218. The summed E-state index contributed by atoms with van der Waals surface area (Å²) in [4.78, 5) is 6.19. The van der Waals surface area contributed by atoms with Gasteiger partial charge in [0.2, 0.25) is 10.0 Å². The van der Waals surface area contributed by atoms with Crippen molar-refractivity contribution in [3.05, 3.63) is 53.6 Å². The fraction of sp³-hybridized carbons (Fsp3) is 0.368. The minimum atomic E-state index is -3.66. The first kappa shape index (κ1) is 17.9. The van der Waals surface area contributed by atoms with Crippen LogP contribution in [0.3, 0.4) is 0 Å². The van der Waals surface area contributed by atoms with Crippen LogP contribution in [0, 0.1) is 17.1 Å². The van der Waals surface area contributed by atoms with E-state index in [0.29, 0.717) is 25.9 Å². The number of anilines is 1. The zero-order valence-electron chi connectivity index (χ0n) is 14.7. The smallest absolute Gasteiger partial charge is 0.244 e. The molecule has 27 heavy (non-hydrogen) atoms. The van der Waals surface area contributed by atoms with E-state index in [2.05, 4.69) is 9.88 Å². The number of fused-ring (bicyclic) bond motifs is 1. The summed E-state index contributed by atoms with van der Waals surface area (Å²) in [5.41, 5.74) is 2.31. The fourth-order valence-corrected chi connectivity index (χ4v) is 5.40. The third kappa shape index (κ3) is 3.29. The third-order valence-corrected chi connectivity index (χ3v) is 7.18. The van der Waals surface area contributed by atoms with Gasteiger partial charge < -0.3 is 4.90 Å². The summed E-state index contributed by atoms with van der Waals surface area (Å²) in [6, 6.07) is 8.41. The lowest BCUT2D eigenvalue weighted by atomic mass is 10.0. The van der Waals surface area contributed by atoms with Crippen LogP contribution in [0.1, 0.15) is 24.0 Å². The van der Waals surface area contributed by atoms with Crippen molar-refractivity contribution in [3.63, 3.8) is 0 Å². The number of benzene rings is 1. The lowest BCUT2D eigenvalue weighted by Gasteiger charge is -2.37. The van der Waals surface area contributed by atoms with Crippen molar-refractivity contribution < 1.29 is 12.8 Å². The molecule has 0 N–H and O–H groups in total. The van der Waals surface area contributed by atoms with E-state index in [4.69, 9.17) is 5.26 Å². The van der Waals surface area contributed by atoms with Gasteiger partial charge in [-0.25, -0.2) is 12.8 Å². The van der Waals surface area contributed by atoms with Crippen molar-refractivity contribution in [3.8, 4) is 6.07 Å². The maximum Gasteiger partial charge on any atom is 0.244 e. The van der Waals surface area contributed by atoms with Crippen LogP contribution in [0.15, 0.2) is 41.6 Å². The van der Waals surface area contributed by atoms with Gasteiger partial charge in [-0.1, -0.05) is 0 Å². The van der Waals surface area contributed by atoms with Gasteiger partial charge in [-0.2, -0.15) is 9.57 Å². The predicted molar refractivity (Wildman–Crippen MR) is 98.2 cm³/mol. The fourth-order valence-electron chi connectivity index (χ4n) is 3.94. The van der Waals surface area contributed by atoms with Crippen molar-refractivity contribution in [2.75, 3.05) is 24.5 Å². The van der Waals surface area contributed by atoms with E-state index in [-0.39, 0.29) is 22.3 Å². The maximum absolute atomic E-state index is 13.4. The van der Waals surface area contributed by atoms with Gasteiger partial charge in [0.15, 0.2) is 0 Å². The number of rotatable bonds is 3. The normalized spacial score (nSPS) is 18.3. The number of hydrogen-bond acceptors (Lipinski definition) is 5. The molecule has 140 valence electrons. The quantitative estimate of drug-likeness (QED) is 0.809. The Morgan fingerprint density at radius 2 is 1.93 bits per heavy atom. The Hall–Kier alpha value is -2.50. The highest BCUT2D eigenvalue weighted by atomic mass is 32.2. The molecule has 0 bridgehead atoms. The van der Waals surface area contributed by atoms with E-state index >= 15 is 0 Å². The summed E-state index contributed by atoms with van der Waals surface area (Å²) in [6.45, 7) is 1.66. The molecule has 1 fully saturated rings. The number of nitrogens with zero attached hydrogens (tertiary/aromatic N) is 4. The average molecular weight is 386 g/mol. The molecule has 2 aromatic rings. The van der Waals surface area contributed by atoms with Gasteiger partial charge >= 0.3 is 0 Å². The van der Waals surface area contributed by atoms with Gasteiger partial charge in [0.1, 0.15) is 16.8 Å². The number of aromatic nitrogens is 1. The van der Waals surface area contributed by atoms with Crippen LogP contribution >= 0.6 is 0 Å². The number of halogens is 1. The lowest BCUT2D eigenvalue weighted by molar-refractivity contribution is 0.312. The van der Waals surface area contributed by atoms with Crippen LogP contribution < -0.4 is 4.90 Å². The van der Waals surface area contributed by atoms with Crippen molar-refractivity contribution >= 4 is 15.7 Å². The van der Waals surface area contributed by atoms with E-state index in [1.807, 2.05) is 12.1 Å². The highest BCUT2D eigenvalue weighted by Crippen LogP contribution is 2.33. The maximum atomic E-state index is 13.4. The molecule has 0 amide bonds. The molecule has 1 saturated heterocycles. The molecule has 0 aliphatic carbocycles. The molecule has 1 aromatic heterocycles. The minimum Gasteiger partial charge on any atom is -0.368 e. The molecule has 1 aromatic carbocycles. The Kier molecular flexibility index (Phi) is 4.58. The van der Waals surface area contributed by atoms with Crippen LogP contribution in [-0.4, -0.2) is 43.4 Å². The first-order chi connectivity index (χ1) is 13.0. The number of pyridine rings is 1. The standard InChI is InChI=1S/C19H19FN4O2S/c20-16-1-2-19-15(10-16)3-8-24(19)17-4-6-23(7-5-17)27(25,26)18-9-14(11-21)12-22-13-18/h1-2,9-10,12-13,17H,3-8H2. The highest BCUT2D eigenvalue weighted by molar-refractivity contribution is 7.89. The molecule has 0 saturated carbocycles. The summed E-state index contributed by atoms with van der Waals surface area (Å²) in [6.07, 6.45) is 4.87. The first-order valence-electron chi connectivity index (χ1n) is 8.89. The Bertz CT molecular complexity index is 1010. The van der Waals surface area contributed by atoms with E-state index in [0.717, 1.165) is 24.2 Å². The molecule has 6 nitrogen and oxygen atoms in total. The predicted octanol–water partition coefficient (Wildman–Crippen LogP) is 2.31. The van der Waals surface area contributed by atoms with Gasteiger partial charge in [0, 0.05) is 43.8 Å². The molecule has 4 rings (SSSR count). The Morgan fingerprint density at radius 1 is 1.15 bits per heavy atom. The molecule has 2 aliphatic heterocycles. The van der Waals surface area contributed by atoms with Crippen molar-refractivity contribution in [1.29, 1.82) is 5.26 Å². The van der Waals surface area contributed by atoms with Crippen molar-refractivity contribution in [2.45, 2.75) is 30.2 Å². The zero-order chi connectivity index (χ0) is 19.0. The van der Waals surface area contributed by atoms with Gasteiger partial charge in [0.05, 0.1) is 5.56 Å². The van der Waals surface area contributed by atoms with Crippen LogP contribution in [0.25, 0.3) is 0 Å². The Morgan fingerprint density at radius 3 is 2.67 bits per heavy atom. The van der Waals surface area contributed by atoms with Gasteiger partial charge in [0.25, 0.3) is 0 Å². The molecule has 0 atom stereocenters. The average Bonchev–Trinajstić information content (AvgIpc) is 3.11. The molecule has 3 heterocycles. The molecule has 0 radical (unpaired) electrons. The molecule has 0 spiro atoms. The highest BCUT2D eigenvalue weighted by Gasteiger charge is 2.34. The number of piperidine rings is 1. The first-order valence-corrected chi connectivity index (χ1v) is 10.3. The second-order valence-corrected chi connectivity index (χ2v) is 8.81. The number of nitriles is 1. The molecule has 8 heteroatoms. The summed E-state index contributed by atoms with van der Waals surface area (Å²) >= 11 is 0. The van der Waals surface area contributed by atoms with Crippen LogP contribution in [0.5, 0.6) is 0 Å². The van der Waals surface area contributed by atoms with E-state index < -0.39 is 10.0 Å². The van der Waals surface area contributed by atoms with Crippen molar-refractivity contribution in [2.24, 2.45) is 0 Å². The van der Waals surface area contributed by atoms with E-state index in [1.165, 1.54) is 28.8 Å². The molecule has 0 unspecified atom stereocenters. The Labute approximate surface area is 157 Å². The topological polar surface area (TPSA) is 77.3 Å². The largest absolute Gasteiger partial charge is 0.368 e. The molecular weight excluding hydrogens is 367 g/mol. The van der Waals surface area contributed by atoms with E-state index in [1.54, 1.807) is 6.07 Å². The minimum absolute atomic E-state index is 0.0574. The summed E-state index contributed by atoms with van der Waals surface area (Å²) in [5, 5.41) is 8.96. The molecular formula is C19H19FN4O2S. The van der Waals surface area contributed by atoms with Crippen LogP contribution in [0.2, 0.25) is 0 Å². The van der Waals surface area contributed by atoms with Gasteiger partial charge in [-0.05, 0) is 49.1 Å². The number of sulfonamides is 1. The lowest BCUT2D eigenvalue weighted by Crippen LogP contribution is -2.46. The summed E-state index contributed by atoms with van der Waals surface area (Å²) in [7, 11) is -3.66. The van der Waals surface area contributed by atoms with Crippen molar-refractivity contribution in [1.82, 2.24) is 9.29 Å². The second kappa shape index (κ2) is 6.91. The summed E-state index contributed by atoms with van der Waals surface area (Å²) < 4.78 is 40.6.